The fourth-order valence-electron chi connectivity index (χ4n) is 3.01. The number of benzene rings is 3. The van der Waals surface area contributed by atoms with Crippen molar-refractivity contribution < 1.29 is 19.0 Å². The largest absolute Gasteiger partial charge is 0.494 e. The number of rotatable bonds is 11. The number of halogens is 3. The summed E-state index contributed by atoms with van der Waals surface area (Å²) in [6.45, 7) is 5.23. The zero-order valence-electron chi connectivity index (χ0n) is 19.3. The van der Waals surface area contributed by atoms with E-state index in [2.05, 4.69) is 26.5 Å². The van der Waals surface area contributed by atoms with E-state index in [0.717, 1.165) is 17.7 Å². The summed E-state index contributed by atoms with van der Waals surface area (Å²) in [4.78, 5) is 12.4. The zero-order valence-corrected chi connectivity index (χ0v) is 22.4. The van der Waals surface area contributed by atoms with Crippen LogP contribution in [0.3, 0.4) is 0 Å². The Morgan fingerprint density at radius 1 is 1.03 bits per heavy atom. The second kappa shape index (κ2) is 13.4. The summed E-state index contributed by atoms with van der Waals surface area (Å²) in [5.41, 5.74) is 4.51. The Hall–Kier alpha value is -2.74. The number of carbonyl (C=O) groups is 1. The predicted molar refractivity (Wildman–Crippen MR) is 143 cm³/mol. The highest BCUT2D eigenvalue weighted by Gasteiger charge is 2.13. The molecule has 1 N–H and O–H groups in total. The van der Waals surface area contributed by atoms with E-state index in [9.17, 15) is 4.79 Å². The molecule has 3 rings (SSSR count). The minimum Gasteiger partial charge on any atom is -0.494 e. The number of hydrazone groups is 1. The fraction of sp³-hybridized carbons (Fsp3) is 0.231. The lowest BCUT2D eigenvalue weighted by Crippen LogP contribution is -2.17. The number of amides is 1. The molecule has 0 saturated heterocycles. The van der Waals surface area contributed by atoms with Gasteiger partial charge in [-0.1, -0.05) is 36.2 Å². The molecule has 3 aromatic rings. The lowest BCUT2D eigenvalue weighted by atomic mass is 10.2. The van der Waals surface area contributed by atoms with Crippen LogP contribution in [-0.4, -0.2) is 25.3 Å². The molecule has 35 heavy (non-hydrogen) atoms. The first-order valence-corrected chi connectivity index (χ1v) is 12.6. The summed E-state index contributed by atoms with van der Waals surface area (Å²) >= 11 is 15.8. The van der Waals surface area contributed by atoms with Crippen LogP contribution >= 0.6 is 39.1 Å². The molecule has 9 heteroatoms. The van der Waals surface area contributed by atoms with Crippen molar-refractivity contribution in [3.05, 3.63) is 85.8 Å². The maximum absolute atomic E-state index is 12.4. The van der Waals surface area contributed by atoms with E-state index in [1.807, 2.05) is 26.0 Å². The molecule has 0 aliphatic carbocycles. The van der Waals surface area contributed by atoms with E-state index >= 15 is 0 Å². The van der Waals surface area contributed by atoms with Crippen molar-refractivity contribution in [2.24, 2.45) is 5.10 Å². The number of hydrogen-bond donors (Lipinski definition) is 1. The quantitative estimate of drug-likeness (QED) is 0.191. The van der Waals surface area contributed by atoms with Gasteiger partial charge in [-0.05, 0) is 83.4 Å². The Balaban J connectivity index is 1.67. The summed E-state index contributed by atoms with van der Waals surface area (Å²) < 4.78 is 18.0. The van der Waals surface area contributed by atoms with Crippen LogP contribution in [0.2, 0.25) is 10.0 Å². The Labute approximate surface area is 223 Å². The van der Waals surface area contributed by atoms with Gasteiger partial charge in [0, 0.05) is 21.2 Å². The molecule has 0 bridgehead atoms. The molecule has 0 fully saturated rings. The molecule has 0 aromatic heterocycles. The lowest BCUT2D eigenvalue weighted by Gasteiger charge is -2.15. The topological polar surface area (TPSA) is 69.2 Å². The second-order valence-electron chi connectivity index (χ2n) is 7.36. The Kier molecular flexibility index (Phi) is 10.3. The first-order chi connectivity index (χ1) is 16.9. The number of carbonyl (C=O) groups excluding carboxylic acids is 1. The molecule has 184 valence electrons. The van der Waals surface area contributed by atoms with Gasteiger partial charge in [0.1, 0.15) is 12.4 Å². The molecule has 0 heterocycles. The predicted octanol–water partition coefficient (Wildman–Crippen LogP) is 7.29. The monoisotopic (exact) mass is 578 g/mol. The van der Waals surface area contributed by atoms with E-state index in [1.54, 1.807) is 42.5 Å². The second-order valence-corrected chi connectivity index (χ2v) is 9.06. The van der Waals surface area contributed by atoms with Crippen molar-refractivity contribution in [3.8, 4) is 17.2 Å². The average molecular weight is 580 g/mol. The van der Waals surface area contributed by atoms with Gasteiger partial charge in [-0.25, -0.2) is 5.43 Å². The Morgan fingerprint density at radius 3 is 2.49 bits per heavy atom. The molecule has 0 spiro atoms. The third-order valence-corrected chi connectivity index (χ3v) is 5.86. The van der Waals surface area contributed by atoms with Crippen LogP contribution in [0, 0.1) is 0 Å². The molecule has 0 saturated carbocycles. The lowest BCUT2D eigenvalue weighted by molar-refractivity contribution is 0.0955. The zero-order chi connectivity index (χ0) is 25.2. The summed E-state index contributed by atoms with van der Waals surface area (Å²) in [7, 11) is 0. The highest BCUT2D eigenvalue weighted by molar-refractivity contribution is 9.10. The Morgan fingerprint density at radius 2 is 1.80 bits per heavy atom. The van der Waals surface area contributed by atoms with Crippen molar-refractivity contribution in [3.63, 3.8) is 0 Å². The van der Waals surface area contributed by atoms with Crippen molar-refractivity contribution in [2.45, 2.75) is 26.9 Å². The van der Waals surface area contributed by atoms with Gasteiger partial charge in [-0.3, -0.25) is 4.79 Å². The maximum atomic E-state index is 12.4. The van der Waals surface area contributed by atoms with E-state index in [1.165, 1.54) is 6.21 Å². The molecule has 1 amide bonds. The third kappa shape index (κ3) is 7.88. The first kappa shape index (κ1) is 26.9. The van der Waals surface area contributed by atoms with Gasteiger partial charge < -0.3 is 14.2 Å². The van der Waals surface area contributed by atoms with Gasteiger partial charge in [-0.2, -0.15) is 5.10 Å². The summed E-state index contributed by atoms with van der Waals surface area (Å²) in [5.74, 6) is 1.46. The van der Waals surface area contributed by atoms with Crippen molar-refractivity contribution in [1.29, 1.82) is 0 Å². The molecular formula is C26H25BrCl2N2O4. The van der Waals surface area contributed by atoms with Crippen LogP contribution in [-0.2, 0) is 6.61 Å². The summed E-state index contributed by atoms with van der Waals surface area (Å²) in [5, 5.41) is 5.15. The SMILES string of the molecule is CCCOc1ccc(C(=O)N/N=C/c2cc(Br)c(OCc3ccc(Cl)cc3Cl)c(OCC)c2)cc1. The molecule has 0 radical (unpaired) electrons. The summed E-state index contributed by atoms with van der Waals surface area (Å²) in [6.07, 6.45) is 2.45. The van der Waals surface area contributed by atoms with Gasteiger partial charge in [0.15, 0.2) is 11.5 Å². The van der Waals surface area contributed by atoms with Gasteiger partial charge >= 0.3 is 0 Å². The number of nitrogens with one attached hydrogen (secondary N) is 1. The van der Waals surface area contributed by atoms with E-state index in [-0.39, 0.29) is 12.5 Å². The standard InChI is InChI=1S/C26H25BrCl2N2O4/c1-3-11-34-21-9-6-18(7-10-21)26(32)31-30-15-17-12-22(27)25(24(13-17)33-4-2)35-16-19-5-8-20(28)14-23(19)29/h5-10,12-15H,3-4,11,16H2,1-2H3,(H,31,32)/b30-15+. The smallest absolute Gasteiger partial charge is 0.271 e. The molecule has 6 nitrogen and oxygen atoms in total. The number of hydrogen-bond acceptors (Lipinski definition) is 5. The van der Waals surface area contributed by atoms with Crippen molar-refractivity contribution in [2.75, 3.05) is 13.2 Å². The van der Waals surface area contributed by atoms with Crippen molar-refractivity contribution >= 4 is 51.3 Å². The highest BCUT2D eigenvalue weighted by atomic mass is 79.9. The summed E-state index contributed by atoms with van der Waals surface area (Å²) in [6, 6.07) is 15.7. The van der Waals surface area contributed by atoms with Crippen molar-refractivity contribution in [1.82, 2.24) is 5.43 Å². The minimum absolute atomic E-state index is 0.237. The van der Waals surface area contributed by atoms with Gasteiger partial charge in [-0.15, -0.1) is 0 Å². The van der Waals surface area contributed by atoms with E-state index in [0.29, 0.717) is 50.4 Å². The maximum Gasteiger partial charge on any atom is 0.271 e. The molecule has 0 unspecified atom stereocenters. The highest BCUT2D eigenvalue weighted by Crippen LogP contribution is 2.37. The van der Waals surface area contributed by atoms with Crippen LogP contribution < -0.4 is 19.6 Å². The first-order valence-electron chi connectivity index (χ1n) is 11.0. The van der Waals surface area contributed by atoms with Crippen LogP contribution in [0.4, 0.5) is 0 Å². The molecule has 0 aliphatic rings. The third-order valence-electron chi connectivity index (χ3n) is 4.69. The molecule has 0 aliphatic heterocycles. The minimum atomic E-state index is -0.327. The molecular weight excluding hydrogens is 555 g/mol. The Bertz CT molecular complexity index is 1190. The van der Waals surface area contributed by atoms with E-state index in [4.69, 9.17) is 37.4 Å². The van der Waals surface area contributed by atoms with Crippen LogP contribution in [0.25, 0.3) is 0 Å². The van der Waals surface area contributed by atoms with E-state index < -0.39 is 0 Å². The van der Waals surface area contributed by atoms with Gasteiger partial charge in [0.25, 0.3) is 5.91 Å². The van der Waals surface area contributed by atoms with Crippen LogP contribution in [0.15, 0.2) is 64.2 Å². The normalized spacial score (nSPS) is 10.9. The number of ether oxygens (including phenoxy) is 3. The van der Waals surface area contributed by atoms with Gasteiger partial charge in [0.05, 0.1) is 23.9 Å². The fourth-order valence-corrected chi connectivity index (χ4v) is 4.04. The van der Waals surface area contributed by atoms with Crippen LogP contribution in [0.1, 0.15) is 41.8 Å². The van der Waals surface area contributed by atoms with Gasteiger partial charge in [0.2, 0.25) is 0 Å². The average Bonchev–Trinajstić information content (AvgIpc) is 2.83. The number of nitrogens with zero attached hydrogens (tertiary/aromatic N) is 1. The molecule has 3 aromatic carbocycles. The van der Waals surface area contributed by atoms with Crippen LogP contribution in [0.5, 0.6) is 17.2 Å². The molecule has 0 atom stereocenters.